The van der Waals surface area contributed by atoms with E-state index in [1.54, 1.807) is 6.20 Å². The number of rotatable bonds is 4. The standard InChI is InChI=1S/C13H13N5/c14-7-5-10-1-3-11(4-2-10)17-12-6-8-16-13(9-12)18-15/h1-4,6,8-9H,5,15H2,(H2,16,17,18). The summed E-state index contributed by atoms with van der Waals surface area (Å²) in [6.07, 6.45) is 2.10. The van der Waals surface area contributed by atoms with Gasteiger partial charge in [0, 0.05) is 23.6 Å². The number of hydrogen-bond acceptors (Lipinski definition) is 5. The molecule has 2 aromatic rings. The lowest BCUT2D eigenvalue weighted by Gasteiger charge is -2.08. The number of nitrogens with zero attached hydrogens (tertiary/aromatic N) is 2. The van der Waals surface area contributed by atoms with Gasteiger partial charge in [0.2, 0.25) is 0 Å². The molecule has 0 spiro atoms. The van der Waals surface area contributed by atoms with E-state index in [0.29, 0.717) is 12.2 Å². The van der Waals surface area contributed by atoms with Crippen molar-refractivity contribution in [2.75, 3.05) is 10.7 Å². The van der Waals surface area contributed by atoms with Crippen LogP contribution in [-0.4, -0.2) is 4.98 Å². The SMILES string of the molecule is N#CCc1ccc(Nc2ccnc(NN)c2)cc1. The molecule has 0 saturated carbocycles. The fraction of sp³-hybridized carbons (Fsp3) is 0.0769. The molecular formula is C13H13N5. The van der Waals surface area contributed by atoms with Crippen molar-refractivity contribution in [1.29, 1.82) is 5.26 Å². The number of aromatic nitrogens is 1. The van der Waals surface area contributed by atoms with Crippen molar-refractivity contribution < 1.29 is 0 Å². The van der Waals surface area contributed by atoms with E-state index in [9.17, 15) is 0 Å². The minimum Gasteiger partial charge on any atom is -0.355 e. The van der Waals surface area contributed by atoms with Crippen LogP contribution in [0.1, 0.15) is 5.56 Å². The Kier molecular flexibility index (Phi) is 3.74. The Hall–Kier alpha value is -2.58. The number of nitriles is 1. The van der Waals surface area contributed by atoms with E-state index >= 15 is 0 Å². The Morgan fingerprint density at radius 3 is 2.61 bits per heavy atom. The minimum atomic E-state index is 0.427. The molecule has 4 N–H and O–H groups in total. The second kappa shape index (κ2) is 5.66. The van der Waals surface area contributed by atoms with E-state index in [1.165, 1.54) is 0 Å². The highest BCUT2D eigenvalue weighted by Crippen LogP contribution is 2.18. The third-order valence-corrected chi connectivity index (χ3v) is 2.43. The van der Waals surface area contributed by atoms with Crippen molar-refractivity contribution in [3.05, 3.63) is 48.2 Å². The largest absolute Gasteiger partial charge is 0.355 e. The van der Waals surface area contributed by atoms with Gasteiger partial charge in [-0.3, -0.25) is 0 Å². The number of anilines is 3. The highest BCUT2D eigenvalue weighted by atomic mass is 15.2. The summed E-state index contributed by atoms with van der Waals surface area (Å²) >= 11 is 0. The van der Waals surface area contributed by atoms with E-state index in [0.717, 1.165) is 16.9 Å². The lowest BCUT2D eigenvalue weighted by Crippen LogP contribution is -2.08. The number of nitrogens with two attached hydrogens (primary N) is 1. The second-order valence-corrected chi connectivity index (χ2v) is 3.73. The first-order valence-corrected chi connectivity index (χ1v) is 5.47. The number of pyridine rings is 1. The van der Waals surface area contributed by atoms with Crippen molar-refractivity contribution in [2.24, 2.45) is 5.84 Å². The Bertz CT molecular complexity index is 556. The highest BCUT2D eigenvalue weighted by molar-refractivity contribution is 5.62. The van der Waals surface area contributed by atoms with Crippen LogP contribution in [0.5, 0.6) is 0 Å². The normalized spacial score (nSPS) is 9.56. The average Bonchev–Trinajstić information content (AvgIpc) is 2.42. The van der Waals surface area contributed by atoms with Gasteiger partial charge in [-0.1, -0.05) is 12.1 Å². The van der Waals surface area contributed by atoms with E-state index < -0.39 is 0 Å². The maximum atomic E-state index is 8.59. The summed E-state index contributed by atoms with van der Waals surface area (Å²) in [5, 5.41) is 11.8. The van der Waals surface area contributed by atoms with Crippen LogP contribution in [0.2, 0.25) is 0 Å². The zero-order valence-electron chi connectivity index (χ0n) is 9.72. The van der Waals surface area contributed by atoms with E-state index in [4.69, 9.17) is 11.1 Å². The molecule has 0 amide bonds. The number of hydrogen-bond donors (Lipinski definition) is 3. The average molecular weight is 239 g/mol. The molecule has 1 aromatic carbocycles. The Labute approximate surface area is 105 Å². The lowest BCUT2D eigenvalue weighted by molar-refractivity contribution is 1.23. The molecule has 1 heterocycles. The Balaban J connectivity index is 2.11. The predicted octanol–water partition coefficient (Wildman–Crippen LogP) is 2.18. The van der Waals surface area contributed by atoms with Gasteiger partial charge in [-0.2, -0.15) is 5.26 Å². The molecule has 0 unspecified atom stereocenters. The topological polar surface area (TPSA) is 86.8 Å². The van der Waals surface area contributed by atoms with E-state index in [1.807, 2.05) is 36.4 Å². The first-order valence-electron chi connectivity index (χ1n) is 5.47. The van der Waals surface area contributed by atoms with Gasteiger partial charge >= 0.3 is 0 Å². The Morgan fingerprint density at radius 1 is 1.17 bits per heavy atom. The number of nitrogens with one attached hydrogen (secondary N) is 2. The van der Waals surface area contributed by atoms with Gasteiger partial charge in [0.1, 0.15) is 5.82 Å². The third kappa shape index (κ3) is 2.97. The smallest absolute Gasteiger partial charge is 0.141 e. The first kappa shape index (κ1) is 11.9. The molecule has 5 nitrogen and oxygen atoms in total. The predicted molar refractivity (Wildman–Crippen MR) is 71.1 cm³/mol. The third-order valence-electron chi connectivity index (χ3n) is 2.43. The molecule has 0 saturated heterocycles. The lowest BCUT2D eigenvalue weighted by atomic mass is 10.1. The number of benzene rings is 1. The molecule has 0 fully saturated rings. The summed E-state index contributed by atoms with van der Waals surface area (Å²) in [4.78, 5) is 4.03. The first-order chi connectivity index (χ1) is 8.81. The van der Waals surface area contributed by atoms with Crippen LogP contribution in [0.3, 0.4) is 0 Å². The molecule has 18 heavy (non-hydrogen) atoms. The molecular weight excluding hydrogens is 226 g/mol. The van der Waals surface area contributed by atoms with Gasteiger partial charge in [0.25, 0.3) is 0 Å². The van der Waals surface area contributed by atoms with Gasteiger partial charge in [-0.05, 0) is 23.8 Å². The number of hydrazine groups is 1. The van der Waals surface area contributed by atoms with Gasteiger partial charge < -0.3 is 10.7 Å². The van der Waals surface area contributed by atoms with Crippen molar-refractivity contribution in [1.82, 2.24) is 4.98 Å². The van der Waals surface area contributed by atoms with Gasteiger partial charge in [-0.15, -0.1) is 0 Å². The van der Waals surface area contributed by atoms with Crippen LogP contribution < -0.4 is 16.6 Å². The van der Waals surface area contributed by atoms with Gasteiger partial charge in [0.15, 0.2) is 0 Å². The summed E-state index contributed by atoms with van der Waals surface area (Å²) in [6.45, 7) is 0. The van der Waals surface area contributed by atoms with Crippen LogP contribution in [0.15, 0.2) is 42.6 Å². The fourth-order valence-electron chi connectivity index (χ4n) is 1.55. The van der Waals surface area contributed by atoms with Crippen molar-refractivity contribution >= 4 is 17.2 Å². The monoisotopic (exact) mass is 239 g/mol. The molecule has 5 heteroatoms. The second-order valence-electron chi connectivity index (χ2n) is 3.73. The summed E-state index contributed by atoms with van der Waals surface area (Å²) < 4.78 is 0. The molecule has 0 radical (unpaired) electrons. The summed E-state index contributed by atoms with van der Waals surface area (Å²) in [5.74, 6) is 5.89. The molecule has 0 atom stereocenters. The molecule has 0 aliphatic carbocycles. The van der Waals surface area contributed by atoms with Crippen LogP contribution in [0.4, 0.5) is 17.2 Å². The maximum Gasteiger partial charge on any atom is 0.141 e. The fourth-order valence-corrected chi connectivity index (χ4v) is 1.55. The van der Waals surface area contributed by atoms with Crippen LogP contribution >= 0.6 is 0 Å². The summed E-state index contributed by atoms with van der Waals surface area (Å²) in [7, 11) is 0. The molecule has 1 aromatic heterocycles. The highest BCUT2D eigenvalue weighted by Gasteiger charge is 1.97. The summed E-state index contributed by atoms with van der Waals surface area (Å²) in [6, 6.07) is 13.5. The number of nitrogen functional groups attached to an aromatic ring is 1. The van der Waals surface area contributed by atoms with Crippen molar-refractivity contribution in [3.8, 4) is 6.07 Å². The van der Waals surface area contributed by atoms with Crippen LogP contribution in [-0.2, 0) is 6.42 Å². The molecule has 0 aliphatic heterocycles. The van der Waals surface area contributed by atoms with Gasteiger partial charge in [-0.25, -0.2) is 10.8 Å². The Morgan fingerprint density at radius 2 is 1.94 bits per heavy atom. The van der Waals surface area contributed by atoms with Crippen molar-refractivity contribution in [3.63, 3.8) is 0 Å². The minimum absolute atomic E-state index is 0.427. The van der Waals surface area contributed by atoms with E-state index in [-0.39, 0.29) is 0 Å². The van der Waals surface area contributed by atoms with E-state index in [2.05, 4.69) is 21.8 Å². The summed E-state index contributed by atoms with van der Waals surface area (Å²) in [5.41, 5.74) is 5.34. The van der Waals surface area contributed by atoms with Crippen LogP contribution in [0.25, 0.3) is 0 Å². The zero-order valence-corrected chi connectivity index (χ0v) is 9.72. The quantitative estimate of drug-likeness (QED) is 0.562. The molecule has 90 valence electrons. The molecule has 0 bridgehead atoms. The molecule has 0 aliphatic rings. The molecule has 2 rings (SSSR count). The van der Waals surface area contributed by atoms with Gasteiger partial charge in [0.05, 0.1) is 12.5 Å². The van der Waals surface area contributed by atoms with Crippen molar-refractivity contribution in [2.45, 2.75) is 6.42 Å². The zero-order chi connectivity index (χ0) is 12.8. The van der Waals surface area contributed by atoms with Crippen LogP contribution in [0, 0.1) is 11.3 Å². The maximum absolute atomic E-state index is 8.59.